The van der Waals surface area contributed by atoms with E-state index >= 15 is 0 Å². The lowest BCUT2D eigenvalue weighted by atomic mass is 10.2. The Hall–Kier alpha value is -2.96. The maximum atomic E-state index is 12.3. The summed E-state index contributed by atoms with van der Waals surface area (Å²) < 4.78 is 11.3. The van der Waals surface area contributed by atoms with Crippen LogP contribution in [0.15, 0.2) is 76.7 Å². The summed E-state index contributed by atoms with van der Waals surface area (Å²) in [7, 11) is 1.58. The number of hydrazone groups is 1. The van der Waals surface area contributed by atoms with E-state index in [-0.39, 0.29) is 11.2 Å². The van der Waals surface area contributed by atoms with E-state index in [0.717, 1.165) is 16.0 Å². The molecule has 3 rings (SSSR count). The fourth-order valence-electron chi connectivity index (χ4n) is 2.76. The van der Waals surface area contributed by atoms with Gasteiger partial charge in [-0.25, -0.2) is 5.43 Å². The van der Waals surface area contributed by atoms with E-state index in [1.54, 1.807) is 19.4 Å². The monoisotopic (exact) mass is 468 g/mol. The zero-order chi connectivity index (χ0) is 22.9. The lowest BCUT2D eigenvalue weighted by Crippen LogP contribution is -2.26. The maximum Gasteiger partial charge on any atom is 0.253 e. The van der Waals surface area contributed by atoms with Gasteiger partial charge in [-0.3, -0.25) is 4.79 Å². The van der Waals surface area contributed by atoms with Crippen LogP contribution < -0.4 is 14.9 Å². The van der Waals surface area contributed by atoms with Gasteiger partial charge in [-0.05, 0) is 67.4 Å². The largest absolute Gasteiger partial charge is 0.493 e. The number of hydrogen-bond donors (Lipinski definition) is 1. The van der Waals surface area contributed by atoms with Crippen LogP contribution in [-0.2, 0) is 11.4 Å². The quantitative estimate of drug-likeness (QED) is 0.242. The lowest BCUT2D eigenvalue weighted by Gasteiger charge is -2.11. The third-order valence-corrected chi connectivity index (χ3v) is 5.95. The molecule has 0 aliphatic rings. The highest BCUT2D eigenvalue weighted by Crippen LogP contribution is 2.28. The number of benzene rings is 3. The van der Waals surface area contributed by atoms with E-state index in [1.165, 1.54) is 17.3 Å². The fraction of sp³-hybridized carbons (Fsp3) is 0.200. The summed E-state index contributed by atoms with van der Waals surface area (Å²) >= 11 is 7.40. The molecular formula is C25H25ClN2O3S. The van der Waals surface area contributed by atoms with Crippen molar-refractivity contribution in [1.82, 2.24) is 5.43 Å². The molecule has 0 fully saturated rings. The lowest BCUT2D eigenvalue weighted by molar-refractivity contribution is -0.120. The van der Waals surface area contributed by atoms with Crippen molar-refractivity contribution in [2.75, 3.05) is 7.11 Å². The minimum atomic E-state index is -0.270. The van der Waals surface area contributed by atoms with Crippen molar-refractivity contribution in [3.05, 3.63) is 88.4 Å². The molecule has 0 spiro atoms. The Kier molecular flexibility index (Phi) is 8.59. The molecule has 7 heteroatoms. The highest BCUT2D eigenvalue weighted by Gasteiger charge is 2.13. The number of nitrogens with zero attached hydrogens (tertiary/aromatic N) is 1. The molecule has 0 bridgehead atoms. The number of halogens is 1. The third-order valence-electron chi connectivity index (χ3n) is 4.59. The molecule has 0 radical (unpaired) electrons. The Labute approximate surface area is 197 Å². The summed E-state index contributed by atoms with van der Waals surface area (Å²) in [5, 5.41) is 4.49. The molecule has 3 aromatic rings. The molecule has 1 amide bonds. The Morgan fingerprint density at radius 3 is 2.50 bits per heavy atom. The summed E-state index contributed by atoms with van der Waals surface area (Å²) in [6.07, 6.45) is 1.58. The predicted molar refractivity (Wildman–Crippen MR) is 131 cm³/mol. The summed E-state index contributed by atoms with van der Waals surface area (Å²) in [5.41, 5.74) is 5.56. The van der Waals surface area contributed by atoms with E-state index in [2.05, 4.69) is 10.5 Å². The van der Waals surface area contributed by atoms with Gasteiger partial charge < -0.3 is 9.47 Å². The number of methoxy groups -OCH3 is 1. The molecule has 0 aliphatic carbocycles. The number of nitrogens with one attached hydrogen (secondary N) is 1. The zero-order valence-corrected chi connectivity index (χ0v) is 19.7. The summed E-state index contributed by atoms with van der Waals surface area (Å²) in [4.78, 5) is 13.4. The average molecular weight is 469 g/mol. The first kappa shape index (κ1) is 23.7. The third kappa shape index (κ3) is 7.04. The first-order chi connectivity index (χ1) is 15.4. The molecule has 3 aromatic carbocycles. The van der Waals surface area contributed by atoms with Gasteiger partial charge in [0.25, 0.3) is 5.91 Å². The van der Waals surface area contributed by atoms with Crippen LogP contribution in [0.2, 0.25) is 5.02 Å². The molecule has 1 N–H and O–H groups in total. The molecular weight excluding hydrogens is 444 g/mol. The van der Waals surface area contributed by atoms with Crippen LogP contribution in [0.1, 0.15) is 23.6 Å². The second kappa shape index (κ2) is 11.6. The van der Waals surface area contributed by atoms with Crippen molar-refractivity contribution in [2.45, 2.75) is 30.6 Å². The van der Waals surface area contributed by atoms with Crippen LogP contribution in [0.25, 0.3) is 0 Å². The standard InChI is InChI=1S/C25H25ClN2O3S/c1-17-4-11-22(12-5-17)32-18(2)25(29)28-27-15-20-8-13-23(24(14-20)30-3)31-16-19-6-9-21(26)10-7-19/h4-15,18H,16H2,1-3H3,(H,28,29)/b27-15-/t18-/m0/s1. The normalized spacial score (nSPS) is 11.9. The molecule has 0 unspecified atom stereocenters. The number of carbonyl (C=O) groups excluding carboxylic acids is 1. The van der Waals surface area contributed by atoms with E-state index in [1.807, 2.05) is 74.5 Å². The average Bonchev–Trinajstić information content (AvgIpc) is 2.80. The van der Waals surface area contributed by atoms with Gasteiger partial charge in [0.15, 0.2) is 11.5 Å². The number of aryl methyl sites for hydroxylation is 1. The Morgan fingerprint density at radius 1 is 1.09 bits per heavy atom. The number of ether oxygens (including phenoxy) is 2. The van der Waals surface area contributed by atoms with Crippen LogP contribution in [-0.4, -0.2) is 24.5 Å². The number of amides is 1. The van der Waals surface area contributed by atoms with Crippen LogP contribution in [0, 0.1) is 6.92 Å². The highest BCUT2D eigenvalue weighted by molar-refractivity contribution is 8.00. The van der Waals surface area contributed by atoms with E-state index in [4.69, 9.17) is 21.1 Å². The molecule has 0 aromatic heterocycles. The second-order valence-corrected chi connectivity index (χ2v) is 8.98. The molecule has 0 aliphatic heterocycles. The van der Waals surface area contributed by atoms with Gasteiger partial charge in [0, 0.05) is 9.92 Å². The number of carbonyl (C=O) groups is 1. The van der Waals surface area contributed by atoms with Crippen LogP contribution >= 0.6 is 23.4 Å². The van der Waals surface area contributed by atoms with Crippen LogP contribution in [0.4, 0.5) is 0 Å². The van der Waals surface area contributed by atoms with Crippen molar-refractivity contribution >= 4 is 35.5 Å². The van der Waals surface area contributed by atoms with Gasteiger partial charge in [0.1, 0.15) is 6.61 Å². The molecule has 32 heavy (non-hydrogen) atoms. The molecule has 0 saturated carbocycles. The summed E-state index contributed by atoms with van der Waals surface area (Å²) in [6.45, 7) is 4.28. The maximum absolute atomic E-state index is 12.3. The minimum absolute atomic E-state index is 0.165. The van der Waals surface area contributed by atoms with Crippen molar-refractivity contribution in [3.8, 4) is 11.5 Å². The topological polar surface area (TPSA) is 59.9 Å². The van der Waals surface area contributed by atoms with E-state index in [9.17, 15) is 4.79 Å². The highest BCUT2D eigenvalue weighted by atomic mass is 35.5. The fourth-order valence-corrected chi connectivity index (χ4v) is 3.75. The first-order valence-corrected chi connectivity index (χ1v) is 11.3. The number of thioether (sulfide) groups is 1. The molecule has 0 heterocycles. The van der Waals surface area contributed by atoms with Crippen molar-refractivity contribution in [1.29, 1.82) is 0 Å². The van der Waals surface area contributed by atoms with Gasteiger partial charge in [-0.2, -0.15) is 5.10 Å². The van der Waals surface area contributed by atoms with Crippen molar-refractivity contribution in [3.63, 3.8) is 0 Å². The van der Waals surface area contributed by atoms with Crippen LogP contribution in [0.5, 0.6) is 11.5 Å². The van der Waals surface area contributed by atoms with Crippen molar-refractivity contribution < 1.29 is 14.3 Å². The van der Waals surface area contributed by atoms with Gasteiger partial charge in [-0.15, -0.1) is 11.8 Å². The Bertz CT molecular complexity index is 1070. The summed E-state index contributed by atoms with van der Waals surface area (Å²) in [6, 6.07) is 21.0. The number of hydrogen-bond acceptors (Lipinski definition) is 5. The summed E-state index contributed by atoms with van der Waals surface area (Å²) in [5.74, 6) is 1.03. The van der Waals surface area contributed by atoms with Gasteiger partial charge >= 0.3 is 0 Å². The molecule has 1 atom stereocenters. The SMILES string of the molecule is COc1cc(/C=N\NC(=O)[C@H](C)Sc2ccc(C)cc2)ccc1OCc1ccc(Cl)cc1. The molecule has 166 valence electrons. The van der Waals surface area contributed by atoms with Gasteiger partial charge in [0.05, 0.1) is 18.6 Å². The smallest absolute Gasteiger partial charge is 0.253 e. The Balaban J connectivity index is 1.54. The predicted octanol–water partition coefficient (Wildman–Crippen LogP) is 5.87. The molecule has 0 saturated heterocycles. The van der Waals surface area contributed by atoms with Crippen molar-refractivity contribution in [2.24, 2.45) is 5.10 Å². The first-order valence-electron chi connectivity index (χ1n) is 10.1. The second-order valence-electron chi connectivity index (χ2n) is 7.13. The zero-order valence-electron chi connectivity index (χ0n) is 18.2. The van der Waals surface area contributed by atoms with Gasteiger partial charge in [-0.1, -0.05) is 41.4 Å². The van der Waals surface area contributed by atoms with Gasteiger partial charge in [0.2, 0.25) is 0 Å². The van der Waals surface area contributed by atoms with E-state index in [0.29, 0.717) is 23.1 Å². The van der Waals surface area contributed by atoms with E-state index < -0.39 is 0 Å². The molecule has 5 nitrogen and oxygen atoms in total. The number of rotatable bonds is 9. The minimum Gasteiger partial charge on any atom is -0.493 e. The van der Waals surface area contributed by atoms with Crippen LogP contribution in [0.3, 0.4) is 0 Å². The Morgan fingerprint density at radius 2 is 1.81 bits per heavy atom.